The Labute approximate surface area is 163 Å². The van der Waals surface area contributed by atoms with Gasteiger partial charge >= 0.3 is 0 Å². The van der Waals surface area contributed by atoms with Crippen LogP contribution in [0.1, 0.15) is 54.8 Å². The van der Waals surface area contributed by atoms with Gasteiger partial charge in [0.05, 0.1) is 22.3 Å². The van der Waals surface area contributed by atoms with E-state index in [1.165, 1.54) is 40.6 Å². The number of hydrogen-bond donors (Lipinski definition) is 0. The molecule has 0 fully saturated rings. The lowest BCUT2D eigenvalue weighted by molar-refractivity contribution is 0.725. The average Bonchev–Trinajstić information content (AvgIpc) is 2.91. The van der Waals surface area contributed by atoms with Crippen molar-refractivity contribution in [2.24, 2.45) is 0 Å². The van der Waals surface area contributed by atoms with Crippen LogP contribution in [0.5, 0.6) is 0 Å². The summed E-state index contributed by atoms with van der Waals surface area (Å²) >= 11 is 0. The Morgan fingerprint density at radius 2 is 1.63 bits per heavy atom. The third kappa shape index (κ3) is 3.58. The summed E-state index contributed by atoms with van der Waals surface area (Å²) in [6.07, 6.45) is 2.36. The van der Waals surface area contributed by atoms with Gasteiger partial charge in [-0.3, -0.25) is 0 Å². The molecule has 144 valence electrons. The molecule has 4 heteroatoms. The van der Waals surface area contributed by atoms with E-state index < -0.39 is 0 Å². The third-order valence-corrected chi connectivity index (χ3v) is 5.26. The standard InChI is InChI=1S/C23H32N4/c1-8-10-11-26(9-2)23-21-19(7)25-27(20(21)14-18(6)24-23)22-16(4)12-15(3)13-17(22)5/h12-14H,8-11H2,1-7H3. The molecule has 0 aliphatic heterocycles. The Bertz CT molecular complexity index is 945. The van der Waals surface area contributed by atoms with Crippen LogP contribution in [0.4, 0.5) is 5.82 Å². The van der Waals surface area contributed by atoms with Gasteiger partial charge in [-0.25, -0.2) is 9.67 Å². The second kappa shape index (κ2) is 7.71. The lowest BCUT2D eigenvalue weighted by Gasteiger charge is -2.23. The predicted molar refractivity (Wildman–Crippen MR) is 115 cm³/mol. The van der Waals surface area contributed by atoms with Crippen LogP contribution in [-0.2, 0) is 0 Å². The number of fused-ring (bicyclic) bond motifs is 1. The smallest absolute Gasteiger partial charge is 0.140 e. The molecule has 0 saturated heterocycles. The summed E-state index contributed by atoms with van der Waals surface area (Å²) in [4.78, 5) is 7.32. The number of benzene rings is 1. The molecule has 0 aliphatic rings. The second-order valence-corrected chi connectivity index (χ2v) is 7.66. The predicted octanol–water partition coefficient (Wildman–Crippen LogP) is 5.59. The molecular formula is C23H32N4. The van der Waals surface area contributed by atoms with Gasteiger partial charge in [0.1, 0.15) is 5.82 Å². The van der Waals surface area contributed by atoms with Crippen molar-refractivity contribution < 1.29 is 0 Å². The first kappa shape index (κ1) is 19.4. The normalized spacial score (nSPS) is 11.4. The lowest BCUT2D eigenvalue weighted by atomic mass is 10.0. The number of pyridine rings is 1. The highest BCUT2D eigenvalue weighted by molar-refractivity contribution is 5.94. The topological polar surface area (TPSA) is 34.0 Å². The molecule has 3 aromatic rings. The zero-order valence-corrected chi connectivity index (χ0v) is 17.8. The van der Waals surface area contributed by atoms with Crippen molar-refractivity contribution in [3.8, 4) is 5.69 Å². The molecule has 0 N–H and O–H groups in total. The van der Waals surface area contributed by atoms with E-state index in [2.05, 4.69) is 76.2 Å². The van der Waals surface area contributed by atoms with Crippen LogP contribution in [0.2, 0.25) is 0 Å². The highest BCUT2D eigenvalue weighted by Crippen LogP contribution is 2.32. The Balaban J connectivity index is 2.27. The van der Waals surface area contributed by atoms with Crippen molar-refractivity contribution in [3.63, 3.8) is 0 Å². The van der Waals surface area contributed by atoms with Gasteiger partial charge in [0.15, 0.2) is 0 Å². The van der Waals surface area contributed by atoms with Gasteiger partial charge in [0, 0.05) is 18.8 Å². The highest BCUT2D eigenvalue weighted by Gasteiger charge is 2.20. The molecule has 0 aliphatic carbocycles. The van der Waals surface area contributed by atoms with Crippen LogP contribution >= 0.6 is 0 Å². The maximum absolute atomic E-state index is 4.96. The maximum Gasteiger partial charge on any atom is 0.140 e. The molecule has 4 nitrogen and oxygen atoms in total. The minimum Gasteiger partial charge on any atom is -0.356 e. The van der Waals surface area contributed by atoms with Crippen LogP contribution in [0.15, 0.2) is 18.2 Å². The van der Waals surface area contributed by atoms with Gasteiger partial charge in [-0.2, -0.15) is 5.10 Å². The van der Waals surface area contributed by atoms with Gasteiger partial charge in [-0.1, -0.05) is 31.0 Å². The Morgan fingerprint density at radius 1 is 0.963 bits per heavy atom. The fraction of sp³-hybridized carbons (Fsp3) is 0.478. The van der Waals surface area contributed by atoms with Crippen LogP contribution in [0.3, 0.4) is 0 Å². The Hall–Kier alpha value is -2.36. The van der Waals surface area contributed by atoms with E-state index in [1.54, 1.807) is 0 Å². The second-order valence-electron chi connectivity index (χ2n) is 7.66. The van der Waals surface area contributed by atoms with Gasteiger partial charge in [-0.15, -0.1) is 0 Å². The molecule has 0 saturated carbocycles. The summed E-state index contributed by atoms with van der Waals surface area (Å²) in [7, 11) is 0. The van der Waals surface area contributed by atoms with Crippen LogP contribution < -0.4 is 4.90 Å². The van der Waals surface area contributed by atoms with E-state index >= 15 is 0 Å². The average molecular weight is 365 g/mol. The van der Waals surface area contributed by atoms with E-state index in [9.17, 15) is 0 Å². The van der Waals surface area contributed by atoms with Crippen molar-refractivity contribution in [2.75, 3.05) is 18.0 Å². The van der Waals surface area contributed by atoms with E-state index in [0.717, 1.165) is 35.8 Å². The van der Waals surface area contributed by atoms with Crippen molar-refractivity contribution in [3.05, 3.63) is 46.3 Å². The van der Waals surface area contributed by atoms with E-state index in [1.807, 2.05) is 0 Å². The van der Waals surface area contributed by atoms with Crippen LogP contribution in [0, 0.1) is 34.6 Å². The first-order valence-electron chi connectivity index (χ1n) is 10.1. The first-order chi connectivity index (χ1) is 12.9. The van der Waals surface area contributed by atoms with Crippen LogP contribution in [-0.4, -0.2) is 27.9 Å². The molecule has 0 bridgehead atoms. The number of nitrogens with zero attached hydrogens (tertiary/aromatic N) is 4. The van der Waals surface area contributed by atoms with Gasteiger partial charge < -0.3 is 4.90 Å². The fourth-order valence-corrected chi connectivity index (χ4v) is 4.08. The van der Waals surface area contributed by atoms with Gasteiger partial charge in [-0.05, 0) is 65.2 Å². The fourth-order valence-electron chi connectivity index (χ4n) is 4.08. The Kier molecular flexibility index (Phi) is 5.54. The SMILES string of the molecule is CCCCN(CC)c1nc(C)cc2c1c(C)nn2-c1c(C)cc(C)cc1C. The van der Waals surface area contributed by atoms with E-state index in [-0.39, 0.29) is 0 Å². The zero-order chi connectivity index (χ0) is 19.7. The first-order valence-corrected chi connectivity index (χ1v) is 10.1. The molecule has 0 atom stereocenters. The quantitative estimate of drug-likeness (QED) is 0.572. The number of aromatic nitrogens is 3. The summed E-state index contributed by atoms with van der Waals surface area (Å²) < 4.78 is 2.13. The van der Waals surface area contributed by atoms with E-state index in [4.69, 9.17) is 10.1 Å². The molecule has 2 heterocycles. The van der Waals surface area contributed by atoms with Gasteiger partial charge in [0.2, 0.25) is 0 Å². The summed E-state index contributed by atoms with van der Waals surface area (Å²) in [6, 6.07) is 6.64. The lowest BCUT2D eigenvalue weighted by Crippen LogP contribution is -2.25. The van der Waals surface area contributed by atoms with Gasteiger partial charge in [0.25, 0.3) is 0 Å². The van der Waals surface area contributed by atoms with Crippen molar-refractivity contribution in [1.82, 2.24) is 14.8 Å². The molecule has 0 unspecified atom stereocenters. The monoisotopic (exact) mass is 364 g/mol. The minimum atomic E-state index is 0.957. The summed E-state index contributed by atoms with van der Waals surface area (Å²) in [6.45, 7) is 17.1. The summed E-state index contributed by atoms with van der Waals surface area (Å²) in [5.41, 5.74) is 8.22. The molecular weight excluding hydrogens is 332 g/mol. The zero-order valence-electron chi connectivity index (χ0n) is 17.8. The number of aryl methyl sites for hydroxylation is 5. The molecule has 0 radical (unpaired) electrons. The number of rotatable bonds is 6. The largest absolute Gasteiger partial charge is 0.356 e. The molecule has 0 spiro atoms. The molecule has 2 aromatic heterocycles. The number of hydrogen-bond acceptors (Lipinski definition) is 3. The summed E-state index contributed by atoms with van der Waals surface area (Å²) in [5, 5.41) is 6.14. The van der Waals surface area contributed by atoms with Crippen molar-refractivity contribution in [2.45, 2.75) is 61.3 Å². The van der Waals surface area contributed by atoms with E-state index in [0.29, 0.717) is 0 Å². The molecule has 27 heavy (non-hydrogen) atoms. The highest BCUT2D eigenvalue weighted by atomic mass is 15.3. The molecule has 3 rings (SSSR count). The Morgan fingerprint density at radius 3 is 2.22 bits per heavy atom. The van der Waals surface area contributed by atoms with Crippen molar-refractivity contribution >= 4 is 16.7 Å². The molecule has 1 aromatic carbocycles. The minimum absolute atomic E-state index is 0.957. The number of anilines is 1. The molecule has 0 amide bonds. The van der Waals surface area contributed by atoms with Crippen LogP contribution in [0.25, 0.3) is 16.6 Å². The maximum atomic E-state index is 4.96. The summed E-state index contributed by atoms with van der Waals surface area (Å²) in [5.74, 6) is 1.08. The van der Waals surface area contributed by atoms with Crippen molar-refractivity contribution in [1.29, 1.82) is 0 Å². The third-order valence-electron chi connectivity index (χ3n) is 5.26. The number of unbranched alkanes of at least 4 members (excludes halogenated alkanes) is 1.